The predicted octanol–water partition coefficient (Wildman–Crippen LogP) is 5.45. The van der Waals surface area contributed by atoms with E-state index in [4.69, 9.17) is 0 Å². The van der Waals surface area contributed by atoms with Crippen molar-refractivity contribution >= 4 is 5.69 Å². The second kappa shape index (κ2) is 9.56. The van der Waals surface area contributed by atoms with E-state index < -0.39 is 6.61 Å². The maximum absolute atomic E-state index is 12.0. The Kier molecular flexibility index (Phi) is 8.00. The van der Waals surface area contributed by atoms with Gasteiger partial charge in [-0.25, -0.2) is 0 Å². The molecule has 114 valence electrons. The van der Waals surface area contributed by atoms with Crippen LogP contribution in [0.1, 0.15) is 52.4 Å². The lowest BCUT2D eigenvalue weighted by atomic mass is 10.1. The van der Waals surface area contributed by atoms with E-state index in [9.17, 15) is 8.78 Å². The van der Waals surface area contributed by atoms with Gasteiger partial charge in [0.2, 0.25) is 0 Å². The summed E-state index contributed by atoms with van der Waals surface area (Å²) in [6, 6.07) is 7.04. The molecule has 1 N–H and O–H groups in total. The van der Waals surface area contributed by atoms with Gasteiger partial charge in [-0.2, -0.15) is 8.78 Å². The van der Waals surface area contributed by atoms with Crippen molar-refractivity contribution < 1.29 is 13.5 Å². The Bertz CT molecular complexity index is 354. The molecule has 20 heavy (non-hydrogen) atoms. The van der Waals surface area contributed by atoms with Gasteiger partial charge < -0.3 is 10.1 Å². The first kappa shape index (κ1) is 16.7. The molecule has 0 saturated carbocycles. The van der Waals surface area contributed by atoms with E-state index in [0.717, 1.165) is 12.1 Å². The van der Waals surface area contributed by atoms with Gasteiger partial charge in [-0.05, 0) is 37.6 Å². The summed E-state index contributed by atoms with van der Waals surface area (Å²) >= 11 is 0. The minimum absolute atomic E-state index is 0.192. The fraction of sp³-hybridized carbons (Fsp3) is 0.625. The zero-order valence-electron chi connectivity index (χ0n) is 12.4. The van der Waals surface area contributed by atoms with E-state index >= 15 is 0 Å². The van der Waals surface area contributed by atoms with E-state index in [2.05, 4.69) is 23.9 Å². The van der Waals surface area contributed by atoms with Crippen molar-refractivity contribution in [2.75, 3.05) is 5.32 Å². The predicted molar refractivity (Wildman–Crippen MR) is 79.5 cm³/mol. The molecule has 1 aromatic rings. The first-order valence-electron chi connectivity index (χ1n) is 7.43. The van der Waals surface area contributed by atoms with Gasteiger partial charge in [0, 0.05) is 11.7 Å². The highest BCUT2D eigenvalue weighted by Crippen LogP contribution is 2.19. The van der Waals surface area contributed by atoms with Crippen LogP contribution in [0.5, 0.6) is 5.75 Å². The zero-order valence-corrected chi connectivity index (χ0v) is 12.4. The molecule has 0 fully saturated rings. The number of nitrogens with one attached hydrogen (secondary N) is 1. The highest BCUT2D eigenvalue weighted by Gasteiger charge is 2.05. The molecule has 1 atom stereocenters. The van der Waals surface area contributed by atoms with E-state index in [1.807, 2.05) is 0 Å². The Balaban J connectivity index is 2.25. The Morgan fingerprint density at radius 3 is 2.30 bits per heavy atom. The Hall–Kier alpha value is -1.32. The smallest absolute Gasteiger partial charge is 0.387 e. The molecular formula is C16H25F2NO. The van der Waals surface area contributed by atoms with E-state index in [1.54, 1.807) is 24.3 Å². The molecule has 0 aliphatic carbocycles. The molecule has 1 aromatic carbocycles. The van der Waals surface area contributed by atoms with Crippen LogP contribution in [0.15, 0.2) is 24.3 Å². The van der Waals surface area contributed by atoms with Crippen molar-refractivity contribution in [2.24, 2.45) is 0 Å². The zero-order chi connectivity index (χ0) is 14.8. The lowest BCUT2D eigenvalue weighted by molar-refractivity contribution is -0.0498. The quantitative estimate of drug-likeness (QED) is 0.577. The van der Waals surface area contributed by atoms with Gasteiger partial charge in [-0.3, -0.25) is 0 Å². The second-order valence-electron chi connectivity index (χ2n) is 5.15. The van der Waals surface area contributed by atoms with Crippen molar-refractivity contribution in [3.63, 3.8) is 0 Å². The normalized spacial score (nSPS) is 12.4. The molecule has 0 bridgehead atoms. The van der Waals surface area contributed by atoms with Crippen LogP contribution in [0, 0.1) is 0 Å². The molecule has 1 rings (SSSR count). The summed E-state index contributed by atoms with van der Waals surface area (Å²) in [4.78, 5) is 0. The molecule has 0 heterocycles. The largest absolute Gasteiger partial charge is 0.435 e. The number of benzene rings is 1. The van der Waals surface area contributed by atoms with Gasteiger partial charge in [0.15, 0.2) is 0 Å². The minimum Gasteiger partial charge on any atom is -0.435 e. The number of hydrogen-bond acceptors (Lipinski definition) is 2. The Morgan fingerprint density at radius 1 is 1.05 bits per heavy atom. The molecule has 1 unspecified atom stereocenters. The molecule has 4 heteroatoms. The standard InChI is InChI=1S/C16H25F2NO/c1-3-4-5-6-7-8-13(2)19-14-9-11-15(12-10-14)20-16(17)18/h9-13,16,19H,3-8H2,1-2H3. The Labute approximate surface area is 120 Å². The number of halogens is 2. The summed E-state index contributed by atoms with van der Waals surface area (Å²) in [5.41, 5.74) is 0.938. The van der Waals surface area contributed by atoms with Crippen LogP contribution in [0.4, 0.5) is 14.5 Å². The summed E-state index contributed by atoms with van der Waals surface area (Å²) in [6.07, 6.45) is 7.51. The monoisotopic (exact) mass is 285 g/mol. The molecular weight excluding hydrogens is 260 g/mol. The molecule has 0 radical (unpaired) electrons. The maximum atomic E-state index is 12.0. The molecule has 0 aromatic heterocycles. The van der Waals surface area contributed by atoms with Crippen LogP contribution in [-0.2, 0) is 0 Å². The number of ether oxygens (including phenoxy) is 1. The molecule has 0 saturated heterocycles. The first-order chi connectivity index (χ1) is 9.61. The van der Waals surface area contributed by atoms with Crippen molar-refractivity contribution in [3.05, 3.63) is 24.3 Å². The van der Waals surface area contributed by atoms with Crippen LogP contribution in [0.2, 0.25) is 0 Å². The number of rotatable bonds is 10. The highest BCUT2D eigenvalue weighted by molar-refractivity contribution is 5.46. The fourth-order valence-corrected chi connectivity index (χ4v) is 2.14. The summed E-state index contributed by atoms with van der Waals surface area (Å²) in [6.45, 7) is 1.59. The van der Waals surface area contributed by atoms with E-state index in [0.29, 0.717) is 6.04 Å². The van der Waals surface area contributed by atoms with Gasteiger partial charge in [0.25, 0.3) is 0 Å². The van der Waals surface area contributed by atoms with Crippen LogP contribution < -0.4 is 10.1 Å². The third-order valence-electron chi connectivity index (χ3n) is 3.23. The number of hydrogen-bond donors (Lipinski definition) is 1. The summed E-state index contributed by atoms with van der Waals surface area (Å²) in [7, 11) is 0. The number of unbranched alkanes of at least 4 members (excludes halogenated alkanes) is 4. The van der Waals surface area contributed by atoms with Gasteiger partial charge in [0.05, 0.1) is 0 Å². The topological polar surface area (TPSA) is 21.3 Å². The molecule has 0 aliphatic rings. The Morgan fingerprint density at radius 2 is 1.70 bits per heavy atom. The van der Waals surface area contributed by atoms with E-state index in [-0.39, 0.29) is 5.75 Å². The van der Waals surface area contributed by atoms with Crippen molar-refractivity contribution in [1.82, 2.24) is 0 Å². The number of anilines is 1. The molecule has 2 nitrogen and oxygen atoms in total. The fourth-order valence-electron chi connectivity index (χ4n) is 2.14. The second-order valence-corrected chi connectivity index (χ2v) is 5.15. The van der Waals surface area contributed by atoms with Gasteiger partial charge >= 0.3 is 6.61 Å². The lowest BCUT2D eigenvalue weighted by Crippen LogP contribution is -2.14. The third-order valence-corrected chi connectivity index (χ3v) is 3.23. The van der Waals surface area contributed by atoms with Gasteiger partial charge in [-0.1, -0.05) is 39.0 Å². The van der Waals surface area contributed by atoms with Crippen molar-refractivity contribution in [1.29, 1.82) is 0 Å². The van der Waals surface area contributed by atoms with Crippen molar-refractivity contribution in [2.45, 2.75) is 65.0 Å². The van der Waals surface area contributed by atoms with Gasteiger partial charge in [0.1, 0.15) is 5.75 Å². The van der Waals surface area contributed by atoms with Gasteiger partial charge in [-0.15, -0.1) is 0 Å². The van der Waals surface area contributed by atoms with E-state index in [1.165, 1.54) is 32.1 Å². The average molecular weight is 285 g/mol. The lowest BCUT2D eigenvalue weighted by Gasteiger charge is -2.15. The number of alkyl halides is 2. The maximum Gasteiger partial charge on any atom is 0.387 e. The summed E-state index contributed by atoms with van der Waals surface area (Å²) in [5, 5.41) is 3.37. The highest BCUT2D eigenvalue weighted by atomic mass is 19.3. The molecule has 0 aliphatic heterocycles. The minimum atomic E-state index is -2.77. The average Bonchev–Trinajstić information content (AvgIpc) is 2.40. The SMILES string of the molecule is CCCCCCCC(C)Nc1ccc(OC(F)F)cc1. The van der Waals surface area contributed by atoms with Crippen molar-refractivity contribution in [3.8, 4) is 5.75 Å². The van der Waals surface area contributed by atoms with Crippen LogP contribution in [0.3, 0.4) is 0 Å². The third kappa shape index (κ3) is 7.31. The van der Waals surface area contributed by atoms with Crippen LogP contribution >= 0.6 is 0 Å². The molecule has 0 amide bonds. The van der Waals surface area contributed by atoms with Crippen LogP contribution in [0.25, 0.3) is 0 Å². The summed E-state index contributed by atoms with van der Waals surface area (Å²) in [5.74, 6) is 0.192. The first-order valence-corrected chi connectivity index (χ1v) is 7.43. The van der Waals surface area contributed by atoms with Crippen LogP contribution in [-0.4, -0.2) is 12.7 Å². The summed E-state index contributed by atoms with van der Waals surface area (Å²) < 4.78 is 28.4. The molecule has 0 spiro atoms.